The van der Waals surface area contributed by atoms with Crippen LogP contribution >= 0.6 is 0 Å². The Morgan fingerprint density at radius 1 is 1.19 bits per heavy atom. The van der Waals surface area contributed by atoms with E-state index in [1.165, 1.54) is 36.4 Å². The zero-order chi connectivity index (χ0) is 18.3. The number of fused-ring (bicyclic) bond motifs is 2. The Kier molecular flexibility index (Phi) is 3.72. The van der Waals surface area contributed by atoms with Gasteiger partial charge in [-0.2, -0.15) is 0 Å². The predicted molar refractivity (Wildman–Crippen MR) is 92.4 cm³/mol. The molecular weight excluding hydrogens is 338 g/mol. The lowest BCUT2D eigenvalue weighted by Crippen LogP contribution is -2.21. The third kappa shape index (κ3) is 2.71. The number of rotatable bonds is 3. The fourth-order valence-electron chi connectivity index (χ4n) is 3.01. The van der Waals surface area contributed by atoms with Crippen LogP contribution in [0.1, 0.15) is 22.6 Å². The van der Waals surface area contributed by atoms with Crippen molar-refractivity contribution in [1.82, 2.24) is 9.55 Å². The van der Waals surface area contributed by atoms with Crippen molar-refractivity contribution in [3.8, 4) is 5.75 Å². The van der Waals surface area contributed by atoms with Gasteiger partial charge in [0, 0.05) is 25.1 Å². The SMILES string of the molecule is O=C(Oc1ccc([N+](=O)[O-])cc1)c1ccc2c(=O)n3c(nc2c1)CCC3. The zero-order valence-corrected chi connectivity index (χ0v) is 13.5. The first kappa shape index (κ1) is 15.9. The van der Waals surface area contributed by atoms with E-state index in [9.17, 15) is 19.7 Å². The highest BCUT2D eigenvalue weighted by atomic mass is 16.6. The van der Waals surface area contributed by atoms with Gasteiger partial charge < -0.3 is 4.74 Å². The maximum atomic E-state index is 12.4. The molecule has 0 amide bonds. The van der Waals surface area contributed by atoms with Gasteiger partial charge in [0.1, 0.15) is 11.6 Å². The number of hydrogen-bond acceptors (Lipinski definition) is 6. The van der Waals surface area contributed by atoms with Crippen molar-refractivity contribution >= 4 is 22.6 Å². The molecule has 26 heavy (non-hydrogen) atoms. The van der Waals surface area contributed by atoms with Crippen LogP contribution in [0, 0.1) is 10.1 Å². The molecule has 0 atom stereocenters. The van der Waals surface area contributed by atoms with Crippen LogP contribution in [-0.2, 0) is 13.0 Å². The molecule has 0 bridgehead atoms. The van der Waals surface area contributed by atoms with E-state index in [0.717, 1.165) is 18.7 Å². The molecular formula is C18H13N3O5. The molecule has 1 aliphatic heterocycles. The minimum Gasteiger partial charge on any atom is -0.423 e. The highest BCUT2D eigenvalue weighted by Crippen LogP contribution is 2.20. The Morgan fingerprint density at radius 2 is 1.96 bits per heavy atom. The third-order valence-electron chi connectivity index (χ3n) is 4.31. The predicted octanol–water partition coefficient (Wildman–Crippen LogP) is 2.47. The van der Waals surface area contributed by atoms with Crippen molar-refractivity contribution in [2.24, 2.45) is 0 Å². The summed E-state index contributed by atoms with van der Waals surface area (Å²) in [5.41, 5.74) is 0.527. The monoisotopic (exact) mass is 351 g/mol. The standard InChI is InChI=1S/C18H13N3O5/c22-17-14-8-3-11(10-15(14)19-16-2-1-9-20(16)17)18(23)26-13-6-4-12(5-7-13)21(24)25/h3-8,10H,1-2,9H2. The lowest BCUT2D eigenvalue weighted by Gasteiger charge is -2.07. The minimum atomic E-state index is -0.622. The first-order valence-corrected chi connectivity index (χ1v) is 8.03. The van der Waals surface area contributed by atoms with Gasteiger partial charge in [-0.1, -0.05) is 0 Å². The van der Waals surface area contributed by atoms with Gasteiger partial charge in [0.2, 0.25) is 0 Å². The zero-order valence-electron chi connectivity index (χ0n) is 13.5. The van der Waals surface area contributed by atoms with Crippen molar-refractivity contribution in [2.75, 3.05) is 0 Å². The number of aromatic nitrogens is 2. The van der Waals surface area contributed by atoms with E-state index < -0.39 is 10.9 Å². The average Bonchev–Trinajstić information content (AvgIpc) is 3.10. The van der Waals surface area contributed by atoms with Crippen LogP contribution in [0.15, 0.2) is 47.3 Å². The van der Waals surface area contributed by atoms with E-state index in [1.807, 2.05) is 0 Å². The van der Waals surface area contributed by atoms with Crippen molar-refractivity contribution in [3.05, 3.63) is 74.3 Å². The summed E-state index contributed by atoms with van der Waals surface area (Å²) in [5, 5.41) is 11.1. The van der Waals surface area contributed by atoms with Gasteiger partial charge in [-0.15, -0.1) is 0 Å². The Morgan fingerprint density at radius 3 is 2.69 bits per heavy atom. The maximum absolute atomic E-state index is 12.4. The van der Waals surface area contributed by atoms with E-state index in [2.05, 4.69) is 4.98 Å². The summed E-state index contributed by atoms with van der Waals surface area (Å²) >= 11 is 0. The van der Waals surface area contributed by atoms with Crippen LogP contribution in [0.25, 0.3) is 10.9 Å². The fourth-order valence-corrected chi connectivity index (χ4v) is 3.01. The molecule has 0 saturated carbocycles. The van der Waals surface area contributed by atoms with Gasteiger partial charge in [0.25, 0.3) is 11.2 Å². The second-order valence-electron chi connectivity index (χ2n) is 5.96. The van der Waals surface area contributed by atoms with Crippen LogP contribution in [0.4, 0.5) is 5.69 Å². The van der Waals surface area contributed by atoms with Crippen LogP contribution in [0.5, 0.6) is 5.75 Å². The second-order valence-corrected chi connectivity index (χ2v) is 5.96. The molecule has 8 nitrogen and oxygen atoms in total. The molecule has 4 rings (SSSR count). The molecule has 2 heterocycles. The summed E-state index contributed by atoms with van der Waals surface area (Å²) in [4.78, 5) is 39.4. The summed E-state index contributed by atoms with van der Waals surface area (Å²) in [7, 11) is 0. The first-order valence-electron chi connectivity index (χ1n) is 8.03. The average molecular weight is 351 g/mol. The van der Waals surface area contributed by atoms with Crippen LogP contribution in [0.2, 0.25) is 0 Å². The summed E-state index contributed by atoms with van der Waals surface area (Å²) in [6.07, 6.45) is 1.62. The molecule has 0 aliphatic carbocycles. The van der Waals surface area contributed by atoms with E-state index in [0.29, 0.717) is 17.4 Å². The molecule has 130 valence electrons. The summed E-state index contributed by atoms with van der Waals surface area (Å²) < 4.78 is 6.90. The first-order chi connectivity index (χ1) is 12.5. The van der Waals surface area contributed by atoms with Gasteiger partial charge in [-0.25, -0.2) is 9.78 Å². The molecule has 0 radical (unpaired) electrons. The second kappa shape index (κ2) is 6.07. The van der Waals surface area contributed by atoms with Crippen molar-refractivity contribution in [1.29, 1.82) is 0 Å². The number of hydrogen-bond donors (Lipinski definition) is 0. The van der Waals surface area contributed by atoms with Crippen LogP contribution in [0.3, 0.4) is 0 Å². The number of nitrogens with zero attached hydrogens (tertiary/aromatic N) is 3. The van der Waals surface area contributed by atoms with Gasteiger partial charge in [-0.05, 0) is 36.8 Å². The van der Waals surface area contributed by atoms with E-state index in [4.69, 9.17) is 4.74 Å². The Bertz CT molecular complexity index is 1100. The number of nitro benzene ring substituents is 1. The van der Waals surface area contributed by atoms with Crippen LogP contribution in [-0.4, -0.2) is 20.4 Å². The molecule has 2 aromatic carbocycles. The Balaban J connectivity index is 1.64. The Hall–Kier alpha value is -3.55. The molecule has 1 aliphatic rings. The molecule has 1 aromatic heterocycles. The lowest BCUT2D eigenvalue weighted by atomic mass is 10.1. The van der Waals surface area contributed by atoms with Gasteiger partial charge in [0.15, 0.2) is 0 Å². The topological polar surface area (TPSA) is 104 Å². The van der Waals surface area contributed by atoms with Gasteiger partial charge >= 0.3 is 5.97 Å². The summed E-state index contributed by atoms with van der Waals surface area (Å²) in [5.74, 6) is 0.300. The molecule has 0 spiro atoms. The van der Waals surface area contributed by atoms with E-state index in [1.54, 1.807) is 10.6 Å². The fraction of sp³-hybridized carbons (Fsp3) is 0.167. The largest absolute Gasteiger partial charge is 0.423 e. The van der Waals surface area contributed by atoms with Crippen molar-refractivity contribution in [3.63, 3.8) is 0 Å². The highest BCUT2D eigenvalue weighted by Gasteiger charge is 2.18. The number of carbonyl (C=O) groups excluding carboxylic acids is 1. The normalized spacial score (nSPS) is 12.8. The molecule has 8 heteroatoms. The molecule has 0 fully saturated rings. The van der Waals surface area contributed by atoms with Crippen molar-refractivity contribution < 1.29 is 14.5 Å². The number of esters is 1. The molecule has 0 saturated heterocycles. The van der Waals surface area contributed by atoms with E-state index >= 15 is 0 Å². The summed E-state index contributed by atoms with van der Waals surface area (Å²) in [6.45, 7) is 0.668. The summed E-state index contributed by atoms with van der Waals surface area (Å²) in [6, 6.07) is 9.85. The molecule has 0 unspecified atom stereocenters. The molecule has 0 N–H and O–H groups in total. The number of nitro groups is 1. The lowest BCUT2D eigenvalue weighted by molar-refractivity contribution is -0.384. The van der Waals surface area contributed by atoms with Gasteiger partial charge in [-0.3, -0.25) is 19.5 Å². The minimum absolute atomic E-state index is 0.0889. The van der Waals surface area contributed by atoms with Crippen molar-refractivity contribution in [2.45, 2.75) is 19.4 Å². The Labute approximate surface area is 146 Å². The third-order valence-corrected chi connectivity index (χ3v) is 4.31. The number of aryl methyl sites for hydroxylation is 1. The number of benzene rings is 2. The number of carbonyl (C=O) groups is 1. The van der Waals surface area contributed by atoms with E-state index in [-0.39, 0.29) is 22.6 Å². The van der Waals surface area contributed by atoms with Crippen LogP contribution < -0.4 is 10.3 Å². The number of non-ortho nitro benzene ring substituents is 1. The molecule has 3 aromatic rings. The van der Waals surface area contributed by atoms with Gasteiger partial charge in [0.05, 0.1) is 21.4 Å². The quantitative estimate of drug-likeness (QED) is 0.311. The maximum Gasteiger partial charge on any atom is 0.343 e. The number of ether oxygens (including phenoxy) is 1. The smallest absolute Gasteiger partial charge is 0.343 e. The highest BCUT2D eigenvalue weighted by molar-refractivity contribution is 5.95.